The summed E-state index contributed by atoms with van der Waals surface area (Å²) >= 11 is 1.46. The number of benzene rings is 1. The molecule has 0 radical (unpaired) electrons. The largest absolute Gasteiger partial charge is 0.480 e. The number of thioether (sulfide) groups is 1. The molecule has 0 spiro atoms. The summed E-state index contributed by atoms with van der Waals surface area (Å²) in [5, 5.41) is 12.9. The summed E-state index contributed by atoms with van der Waals surface area (Å²) in [6.07, 6.45) is 1.91. The van der Waals surface area contributed by atoms with Crippen LogP contribution in [0.5, 0.6) is 0 Å². The van der Waals surface area contributed by atoms with Crippen molar-refractivity contribution in [3.63, 3.8) is 0 Å². The van der Waals surface area contributed by atoms with E-state index in [-0.39, 0.29) is 17.8 Å². The van der Waals surface area contributed by atoms with Crippen molar-refractivity contribution in [1.82, 2.24) is 5.32 Å². The maximum atomic E-state index is 12.9. The van der Waals surface area contributed by atoms with Crippen LogP contribution >= 0.6 is 11.8 Å². The number of aliphatic carboxylic acids is 1. The van der Waals surface area contributed by atoms with Gasteiger partial charge in [0.15, 0.2) is 0 Å². The number of carboxylic acids is 1. The molecule has 1 fully saturated rings. The van der Waals surface area contributed by atoms with E-state index in [0.29, 0.717) is 5.75 Å². The van der Waals surface area contributed by atoms with Crippen LogP contribution in [-0.2, 0) is 4.79 Å². The third-order valence-corrected chi connectivity index (χ3v) is 4.69. The third-order valence-electron chi connectivity index (χ3n) is 3.48. The van der Waals surface area contributed by atoms with Crippen molar-refractivity contribution in [3.8, 4) is 0 Å². The van der Waals surface area contributed by atoms with Gasteiger partial charge in [-0.15, -0.1) is 11.8 Å². The smallest absolute Gasteiger partial charge is 0.325 e. The van der Waals surface area contributed by atoms with E-state index in [2.05, 4.69) is 5.32 Å². The van der Waals surface area contributed by atoms with Crippen molar-refractivity contribution in [2.45, 2.75) is 43.2 Å². The summed E-state index contributed by atoms with van der Waals surface area (Å²) in [7, 11) is 0. The molecule has 1 aliphatic rings. The van der Waals surface area contributed by atoms with Crippen molar-refractivity contribution in [1.29, 1.82) is 0 Å². The van der Waals surface area contributed by atoms with Crippen LogP contribution in [0.1, 0.15) is 26.7 Å². The van der Waals surface area contributed by atoms with Gasteiger partial charge < -0.3 is 5.11 Å². The van der Waals surface area contributed by atoms with E-state index in [1.807, 2.05) is 13.8 Å². The summed E-state index contributed by atoms with van der Waals surface area (Å²) in [6, 6.07) is 6.29. The molecule has 1 unspecified atom stereocenters. The molecule has 0 aliphatic heterocycles. The summed E-state index contributed by atoms with van der Waals surface area (Å²) in [4.78, 5) is 12.7. The Morgan fingerprint density at radius 3 is 2.50 bits per heavy atom. The Morgan fingerprint density at radius 1 is 1.45 bits per heavy atom. The topological polar surface area (TPSA) is 49.3 Å². The van der Waals surface area contributed by atoms with Crippen molar-refractivity contribution in [2.24, 2.45) is 5.92 Å². The van der Waals surface area contributed by atoms with Crippen LogP contribution in [0.4, 0.5) is 4.39 Å². The molecule has 5 heteroatoms. The van der Waals surface area contributed by atoms with Gasteiger partial charge in [-0.3, -0.25) is 10.1 Å². The molecule has 1 atom stereocenters. The van der Waals surface area contributed by atoms with Gasteiger partial charge in [-0.2, -0.15) is 0 Å². The Balaban J connectivity index is 2.11. The molecule has 3 nitrogen and oxygen atoms in total. The lowest BCUT2D eigenvalue weighted by atomic mass is 9.94. The normalized spacial score (nSPS) is 18.0. The Labute approximate surface area is 123 Å². The molecular formula is C15H20FNO2S. The van der Waals surface area contributed by atoms with Gasteiger partial charge >= 0.3 is 5.97 Å². The predicted octanol–water partition coefficient (Wildman–Crippen LogP) is 3.15. The lowest BCUT2D eigenvalue weighted by Crippen LogP contribution is -2.58. The maximum absolute atomic E-state index is 12.9. The monoisotopic (exact) mass is 297 g/mol. The van der Waals surface area contributed by atoms with E-state index >= 15 is 0 Å². The summed E-state index contributed by atoms with van der Waals surface area (Å²) < 4.78 is 12.9. The van der Waals surface area contributed by atoms with Gasteiger partial charge in [0.2, 0.25) is 0 Å². The molecular weight excluding hydrogens is 277 g/mol. The van der Waals surface area contributed by atoms with Crippen LogP contribution in [-0.4, -0.2) is 28.4 Å². The number of rotatable bonds is 7. The van der Waals surface area contributed by atoms with Crippen molar-refractivity contribution >= 4 is 17.7 Å². The molecule has 0 saturated heterocycles. The fraction of sp³-hybridized carbons (Fsp3) is 0.533. The highest BCUT2D eigenvalue weighted by molar-refractivity contribution is 7.99. The van der Waals surface area contributed by atoms with Crippen LogP contribution in [0.15, 0.2) is 29.2 Å². The zero-order valence-electron chi connectivity index (χ0n) is 11.7. The first-order chi connectivity index (χ1) is 9.44. The Morgan fingerprint density at radius 2 is 2.05 bits per heavy atom. The second-order valence-corrected chi connectivity index (χ2v) is 6.64. The SMILES string of the molecule is CC(C)NC(CSc1ccc(F)cc1)(C(=O)O)C1CC1. The van der Waals surface area contributed by atoms with Gasteiger partial charge in [0.25, 0.3) is 0 Å². The highest BCUT2D eigenvalue weighted by Crippen LogP contribution is 2.43. The number of hydrogen-bond acceptors (Lipinski definition) is 3. The zero-order chi connectivity index (χ0) is 14.8. The van der Waals surface area contributed by atoms with Crippen molar-refractivity contribution < 1.29 is 14.3 Å². The number of hydrogen-bond donors (Lipinski definition) is 2. The third kappa shape index (κ3) is 3.52. The first-order valence-corrected chi connectivity index (χ1v) is 7.82. The van der Waals surface area contributed by atoms with Crippen molar-refractivity contribution in [2.75, 3.05) is 5.75 Å². The first kappa shape index (κ1) is 15.3. The molecule has 2 N–H and O–H groups in total. The maximum Gasteiger partial charge on any atom is 0.325 e. The van der Waals surface area contributed by atoms with E-state index in [9.17, 15) is 14.3 Å². The fourth-order valence-corrected chi connectivity index (χ4v) is 3.56. The molecule has 0 heterocycles. The number of carboxylic acid groups (broad SMARTS) is 1. The molecule has 1 aromatic carbocycles. The Kier molecular flexibility index (Phi) is 4.70. The number of halogens is 1. The predicted molar refractivity (Wildman–Crippen MR) is 78.5 cm³/mol. The van der Waals surface area contributed by atoms with Gasteiger partial charge in [-0.05, 0) is 56.9 Å². The minimum absolute atomic E-state index is 0.112. The Bertz CT molecular complexity index is 473. The summed E-state index contributed by atoms with van der Waals surface area (Å²) in [6.45, 7) is 3.92. The van der Waals surface area contributed by atoms with Crippen molar-refractivity contribution in [3.05, 3.63) is 30.1 Å². The van der Waals surface area contributed by atoms with Crippen LogP contribution in [0, 0.1) is 11.7 Å². The van der Waals surface area contributed by atoms with E-state index in [0.717, 1.165) is 17.7 Å². The average molecular weight is 297 g/mol. The lowest BCUT2D eigenvalue weighted by molar-refractivity contribution is -0.145. The van der Waals surface area contributed by atoms with E-state index in [1.165, 1.54) is 23.9 Å². The molecule has 0 bridgehead atoms. The Hall–Kier alpha value is -1.07. The van der Waals surface area contributed by atoms with Crippen LogP contribution in [0.3, 0.4) is 0 Å². The standard InChI is InChI=1S/C15H20FNO2S/c1-10(2)17-15(14(18)19,11-3-4-11)9-20-13-7-5-12(16)6-8-13/h5-8,10-11,17H,3-4,9H2,1-2H3,(H,18,19). The van der Waals surface area contributed by atoms with E-state index < -0.39 is 11.5 Å². The first-order valence-electron chi connectivity index (χ1n) is 6.83. The summed E-state index contributed by atoms with van der Waals surface area (Å²) in [5.74, 6) is -0.420. The van der Waals surface area contributed by atoms with E-state index in [1.54, 1.807) is 12.1 Å². The number of carbonyl (C=O) groups is 1. The second kappa shape index (κ2) is 6.14. The average Bonchev–Trinajstić information content (AvgIpc) is 3.20. The molecule has 20 heavy (non-hydrogen) atoms. The summed E-state index contributed by atoms with van der Waals surface area (Å²) in [5.41, 5.74) is -0.882. The van der Waals surface area contributed by atoms with Gasteiger partial charge in [-0.25, -0.2) is 4.39 Å². The lowest BCUT2D eigenvalue weighted by Gasteiger charge is -2.32. The molecule has 1 saturated carbocycles. The molecule has 1 aliphatic carbocycles. The highest BCUT2D eigenvalue weighted by Gasteiger charge is 2.51. The van der Waals surface area contributed by atoms with Crippen LogP contribution in [0.25, 0.3) is 0 Å². The van der Waals surface area contributed by atoms with Gasteiger partial charge in [0, 0.05) is 16.7 Å². The molecule has 2 rings (SSSR count). The molecule has 0 aromatic heterocycles. The molecule has 0 amide bonds. The minimum atomic E-state index is -0.882. The number of nitrogens with one attached hydrogen (secondary N) is 1. The van der Waals surface area contributed by atoms with Gasteiger partial charge in [0.05, 0.1) is 0 Å². The highest BCUT2D eigenvalue weighted by atomic mass is 32.2. The zero-order valence-corrected chi connectivity index (χ0v) is 12.5. The quantitative estimate of drug-likeness (QED) is 0.759. The van der Waals surface area contributed by atoms with Gasteiger partial charge in [0.1, 0.15) is 11.4 Å². The van der Waals surface area contributed by atoms with Crippen LogP contribution in [0.2, 0.25) is 0 Å². The van der Waals surface area contributed by atoms with E-state index in [4.69, 9.17) is 0 Å². The van der Waals surface area contributed by atoms with Gasteiger partial charge in [-0.1, -0.05) is 0 Å². The molecule has 110 valence electrons. The fourth-order valence-electron chi connectivity index (χ4n) is 2.39. The molecule has 1 aromatic rings. The minimum Gasteiger partial charge on any atom is -0.480 e. The van der Waals surface area contributed by atoms with Crippen LogP contribution < -0.4 is 5.32 Å². The second-order valence-electron chi connectivity index (χ2n) is 5.59.